The largest absolute Gasteiger partial charge is 0.346 e. The molecule has 3 heterocycles. The van der Waals surface area contributed by atoms with Gasteiger partial charge in [-0.25, -0.2) is 9.07 Å². The van der Waals surface area contributed by atoms with E-state index in [9.17, 15) is 9.18 Å². The van der Waals surface area contributed by atoms with Crippen molar-refractivity contribution in [1.29, 1.82) is 0 Å². The summed E-state index contributed by atoms with van der Waals surface area (Å²) in [6.45, 7) is 6.89. The van der Waals surface area contributed by atoms with Gasteiger partial charge in [-0.05, 0) is 44.0 Å². The van der Waals surface area contributed by atoms with Gasteiger partial charge < -0.3 is 9.80 Å². The van der Waals surface area contributed by atoms with E-state index in [1.165, 1.54) is 11.6 Å². The van der Waals surface area contributed by atoms with E-state index in [4.69, 9.17) is 10.1 Å². The maximum absolute atomic E-state index is 14.0. The number of fused-ring (bicyclic) bond motifs is 1. The fraction of sp³-hybridized carbons (Fsp3) is 0.320. The molecule has 4 aromatic rings. The Morgan fingerprint density at radius 3 is 2.61 bits per heavy atom. The first-order valence-electron chi connectivity index (χ1n) is 11.2. The highest BCUT2D eigenvalue weighted by atomic mass is 32.1. The zero-order valence-electron chi connectivity index (χ0n) is 18.8. The van der Waals surface area contributed by atoms with E-state index in [1.807, 2.05) is 16.5 Å². The summed E-state index contributed by atoms with van der Waals surface area (Å²) in [6, 6.07) is 14.8. The highest BCUT2D eigenvalue weighted by Crippen LogP contribution is 2.33. The fourth-order valence-electron chi connectivity index (χ4n) is 4.20. The third-order valence-electron chi connectivity index (χ3n) is 6.07. The van der Waals surface area contributed by atoms with Crippen LogP contribution in [-0.2, 0) is 11.2 Å². The van der Waals surface area contributed by atoms with Crippen LogP contribution in [0.3, 0.4) is 0 Å². The smallest absolute Gasteiger partial charge is 0.227 e. The van der Waals surface area contributed by atoms with Gasteiger partial charge in [0.05, 0.1) is 22.5 Å². The van der Waals surface area contributed by atoms with Gasteiger partial charge in [0.2, 0.25) is 5.91 Å². The number of rotatable bonds is 4. The molecule has 1 fully saturated rings. The molecule has 1 amide bonds. The van der Waals surface area contributed by atoms with Crippen molar-refractivity contribution in [3.8, 4) is 5.69 Å². The first kappa shape index (κ1) is 21.6. The topological polar surface area (TPSA) is 54.3 Å². The van der Waals surface area contributed by atoms with Gasteiger partial charge in [0, 0.05) is 26.2 Å². The summed E-state index contributed by atoms with van der Waals surface area (Å²) < 4.78 is 17.0. The molecule has 0 spiro atoms. The number of anilines is 1. The first-order chi connectivity index (χ1) is 16.0. The van der Waals surface area contributed by atoms with Gasteiger partial charge in [0.1, 0.15) is 5.82 Å². The van der Waals surface area contributed by atoms with Crippen LogP contribution < -0.4 is 4.90 Å². The second kappa shape index (κ2) is 8.94. The van der Waals surface area contributed by atoms with E-state index >= 15 is 0 Å². The summed E-state index contributed by atoms with van der Waals surface area (Å²) in [6.07, 6.45) is 0.946. The molecule has 0 N–H and O–H groups in total. The third-order valence-corrected chi connectivity index (χ3v) is 7.29. The molecule has 2 aromatic heterocycles. The van der Waals surface area contributed by atoms with E-state index in [2.05, 4.69) is 36.1 Å². The van der Waals surface area contributed by atoms with Crippen molar-refractivity contribution in [2.45, 2.75) is 26.7 Å². The summed E-state index contributed by atoms with van der Waals surface area (Å²) in [7, 11) is 0. The van der Waals surface area contributed by atoms with E-state index in [1.54, 1.807) is 29.5 Å². The molecule has 33 heavy (non-hydrogen) atoms. The minimum Gasteiger partial charge on any atom is -0.346 e. The highest BCUT2D eigenvalue weighted by Gasteiger charge is 2.23. The number of hydrogen-bond acceptors (Lipinski definition) is 5. The Bertz CT molecular complexity index is 1300. The summed E-state index contributed by atoms with van der Waals surface area (Å²) in [5.41, 5.74) is 4.48. The molecule has 0 radical (unpaired) electrons. The lowest BCUT2D eigenvalue weighted by Crippen LogP contribution is -2.36. The number of nitrogens with zero attached hydrogens (tertiary/aromatic N) is 5. The maximum Gasteiger partial charge on any atom is 0.227 e. The van der Waals surface area contributed by atoms with Crippen LogP contribution in [-0.4, -0.2) is 51.8 Å². The molecule has 1 saturated heterocycles. The Kier molecular flexibility index (Phi) is 5.85. The molecule has 0 unspecified atom stereocenters. The fourth-order valence-corrected chi connectivity index (χ4v) is 5.24. The van der Waals surface area contributed by atoms with Crippen molar-refractivity contribution >= 4 is 32.7 Å². The Morgan fingerprint density at radius 2 is 1.82 bits per heavy atom. The van der Waals surface area contributed by atoms with Gasteiger partial charge in [-0.15, -0.1) is 0 Å². The summed E-state index contributed by atoms with van der Waals surface area (Å²) in [4.78, 5) is 21.8. The number of carbonyl (C=O) groups excluding carboxylic acids is 1. The number of aromatic nitrogens is 3. The van der Waals surface area contributed by atoms with Gasteiger partial charge in [-0.3, -0.25) is 4.79 Å². The van der Waals surface area contributed by atoms with Crippen LogP contribution in [0.25, 0.3) is 16.0 Å². The quantitative estimate of drug-likeness (QED) is 0.447. The second-order valence-electron chi connectivity index (χ2n) is 8.47. The predicted octanol–water partition coefficient (Wildman–Crippen LogP) is 4.52. The van der Waals surface area contributed by atoms with E-state index < -0.39 is 0 Å². The van der Waals surface area contributed by atoms with Crippen LogP contribution >= 0.6 is 11.3 Å². The average Bonchev–Trinajstić information content (AvgIpc) is 3.26. The van der Waals surface area contributed by atoms with E-state index in [0.717, 1.165) is 39.8 Å². The van der Waals surface area contributed by atoms with Crippen molar-refractivity contribution < 1.29 is 9.18 Å². The summed E-state index contributed by atoms with van der Waals surface area (Å²) in [5.74, 6) is -0.355. The molecule has 0 aliphatic carbocycles. The third kappa shape index (κ3) is 4.35. The molecular formula is C25H26FN5OS. The van der Waals surface area contributed by atoms with E-state index in [0.29, 0.717) is 25.2 Å². The van der Waals surface area contributed by atoms with Crippen molar-refractivity contribution in [1.82, 2.24) is 19.7 Å². The van der Waals surface area contributed by atoms with Crippen molar-refractivity contribution in [2.75, 3.05) is 31.1 Å². The molecule has 0 saturated carbocycles. The predicted molar refractivity (Wildman–Crippen MR) is 130 cm³/mol. The monoisotopic (exact) mass is 463 g/mol. The Labute approximate surface area is 196 Å². The van der Waals surface area contributed by atoms with Crippen LogP contribution in [0.4, 0.5) is 9.52 Å². The van der Waals surface area contributed by atoms with Gasteiger partial charge >= 0.3 is 0 Å². The molecule has 0 bridgehead atoms. The van der Waals surface area contributed by atoms with Crippen LogP contribution in [0, 0.1) is 19.7 Å². The lowest BCUT2D eigenvalue weighted by Gasteiger charge is -2.22. The van der Waals surface area contributed by atoms with Crippen LogP contribution in [0.15, 0.2) is 48.5 Å². The molecule has 0 atom stereocenters. The number of carbonyl (C=O) groups is 1. The number of aryl methyl sites for hydroxylation is 2. The SMILES string of the molecule is Cc1ccc(-n2nc(C)c3sc(N4CCCN(C(=O)Cc5ccccc5F)CC4)nc32)cc1. The zero-order valence-corrected chi connectivity index (χ0v) is 19.6. The Balaban J connectivity index is 1.32. The number of amides is 1. The highest BCUT2D eigenvalue weighted by molar-refractivity contribution is 7.22. The van der Waals surface area contributed by atoms with Crippen LogP contribution in [0.1, 0.15) is 23.2 Å². The van der Waals surface area contributed by atoms with E-state index in [-0.39, 0.29) is 18.1 Å². The standard InChI is InChI=1S/C25H26FN5OS/c1-17-8-10-20(11-9-17)31-24-23(18(2)28-31)33-25(27-24)30-13-5-12-29(14-15-30)22(32)16-19-6-3-4-7-21(19)26/h3-4,6-11H,5,12-16H2,1-2H3. The van der Waals surface area contributed by atoms with Gasteiger partial charge in [-0.1, -0.05) is 47.2 Å². The number of thiazole rings is 1. The Morgan fingerprint density at radius 1 is 1.03 bits per heavy atom. The number of benzene rings is 2. The number of hydrogen-bond donors (Lipinski definition) is 0. The second-order valence-corrected chi connectivity index (χ2v) is 9.45. The first-order valence-corrected chi connectivity index (χ1v) is 12.0. The summed E-state index contributed by atoms with van der Waals surface area (Å²) in [5, 5.41) is 5.65. The molecule has 2 aromatic carbocycles. The molecular weight excluding hydrogens is 437 g/mol. The van der Waals surface area contributed by atoms with Gasteiger partial charge in [-0.2, -0.15) is 10.1 Å². The molecule has 1 aliphatic heterocycles. The van der Waals surface area contributed by atoms with Crippen molar-refractivity contribution in [2.24, 2.45) is 0 Å². The van der Waals surface area contributed by atoms with Crippen LogP contribution in [0.2, 0.25) is 0 Å². The lowest BCUT2D eigenvalue weighted by atomic mass is 10.1. The van der Waals surface area contributed by atoms with Crippen molar-refractivity contribution in [3.05, 3.63) is 71.2 Å². The zero-order chi connectivity index (χ0) is 22.9. The number of halogens is 1. The van der Waals surface area contributed by atoms with Crippen LogP contribution in [0.5, 0.6) is 0 Å². The molecule has 1 aliphatic rings. The van der Waals surface area contributed by atoms with Gasteiger partial charge in [0.15, 0.2) is 10.8 Å². The average molecular weight is 464 g/mol. The molecule has 5 rings (SSSR count). The minimum atomic E-state index is -0.324. The normalized spacial score (nSPS) is 14.6. The summed E-state index contributed by atoms with van der Waals surface area (Å²) >= 11 is 1.65. The van der Waals surface area contributed by atoms with Gasteiger partial charge in [0.25, 0.3) is 0 Å². The maximum atomic E-state index is 14.0. The molecule has 8 heteroatoms. The molecule has 170 valence electrons. The minimum absolute atomic E-state index is 0.0305. The Hall–Kier alpha value is -3.26. The molecule has 6 nitrogen and oxygen atoms in total. The van der Waals surface area contributed by atoms with Crippen molar-refractivity contribution in [3.63, 3.8) is 0 Å². The lowest BCUT2D eigenvalue weighted by molar-refractivity contribution is -0.130.